The van der Waals surface area contributed by atoms with Crippen molar-refractivity contribution in [3.63, 3.8) is 0 Å². The van der Waals surface area contributed by atoms with Crippen LogP contribution in [0, 0.1) is 0 Å². The lowest BCUT2D eigenvalue weighted by molar-refractivity contribution is -0.118. The van der Waals surface area contributed by atoms with Gasteiger partial charge < -0.3 is 11.1 Å². The minimum atomic E-state index is -0.267. The highest BCUT2D eigenvalue weighted by Gasteiger charge is 2.04. The van der Waals surface area contributed by atoms with E-state index in [4.69, 9.17) is 5.73 Å². The zero-order valence-electron chi connectivity index (χ0n) is 9.23. The molecule has 1 heterocycles. The first kappa shape index (κ1) is 11.7. The van der Waals surface area contributed by atoms with E-state index in [-0.39, 0.29) is 11.9 Å². The molecule has 0 aliphatic heterocycles. The van der Waals surface area contributed by atoms with E-state index in [1.54, 1.807) is 4.68 Å². The molecule has 1 atom stereocenters. The molecule has 0 aliphatic rings. The number of carbonyl (C=O) groups is 1. The summed E-state index contributed by atoms with van der Waals surface area (Å²) in [5.41, 5.74) is 6.28. The van der Waals surface area contributed by atoms with E-state index >= 15 is 0 Å². The molecule has 0 fully saturated rings. The van der Waals surface area contributed by atoms with Gasteiger partial charge in [-0.05, 0) is 25.5 Å². The molecule has 84 valence electrons. The Balaban J connectivity index is 2.18. The van der Waals surface area contributed by atoms with E-state index in [0.717, 1.165) is 13.0 Å². The summed E-state index contributed by atoms with van der Waals surface area (Å²) in [6.45, 7) is 2.79. The van der Waals surface area contributed by atoms with Crippen LogP contribution in [0.4, 0.5) is 0 Å². The minimum absolute atomic E-state index is 0.138. The van der Waals surface area contributed by atoms with Crippen LogP contribution in [0.5, 0.6) is 0 Å². The molecule has 0 aliphatic carbocycles. The highest BCUT2D eigenvalue weighted by molar-refractivity contribution is 5.74. The highest BCUT2D eigenvalue weighted by atomic mass is 16.1. The number of rotatable bonds is 6. The van der Waals surface area contributed by atoms with Gasteiger partial charge in [-0.25, -0.2) is 0 Å². The van der Waals surface area contributed by atoms with E-state index in [1.807, 2.05) is 26.4 Å². The van der Waals surface area contributed by atoms with Crippen LogP contribution in [0.15, 0.2) is 12.4 Å². The zero-order chi connectivity index (χ0) is 11.3. The van der Waals surface area contributed by atoms with Crippen molar-refractivity contribution in [2.45, 2.75) is 25.8 Å². The van der Waals surface area contributed by atoms with Crippen molar-refractivity contribution in [2.75, 3.05) is 6.54 Å². The number of hydrogen-bond acceptors (Lipinski definition) is 3. The molecule has 1 amide bonds. The number of primary amides is 1. The Morgan fingerprint density at radius 3 is 3.00 bits per heavy atom. The summed E-state index contributed by atoms with van der Waals surface area (Å²) < 4.78 is 1.78. The van der Waals surface area contributed by atoms with Crippen LogP contribution >= 0.6 is 0 Å². The molecule has 15 heavy (non-hydrogen) atoms. The molecule has 5 heteroatoms. The van der Waals surface area contributed by atoms with E-state index in [0.29, 0.717) is 6.42 Å². The Morgan fingerprint density at radius 2 is 2.47 bits per heavy atom. The molecule has 1 rings (SSSR count). The number of nitrogens with one attached hydrogen (secondary N) is 1. The molecule has 0 aromatic carbocycles. The molecule has 0 bridgehead atoms. The lowest BCUT2D eigenvalue weighted by Gasteiger charge is -2.10. The highest BCUT2D eigenvalue weighted by Crippen LogP contribution is 1.97. The lowest BCUT2D eigenvalue weighted by atomic mass is 10.2. The van der Waals surface area contributed by atoms with Crippen molar-refractivity contribution in [3.8, 4) is 0 Å². The second kappa shape index (κ2) is 5.50. The third-order valence-corrected chi connectivity index (χ3v) is 2.17. The van der Waals surface area contributed by atoms with Crippen molar-refractivity contribution in [1.29, 1.82) is 0 Å². The van der Waals surface area contributed by atoms with Gasteiger partial charge in [-0.15, -0.1) is 0 Å². The maximum absolute atomic E-state index is 10.6. The van der Waals surface area contributed by atoms with Gasteiger partial charge in [0.25, 0.3) is 0 Å². The van der Waals surface area contributed by atoms with E-state index in [9.17, 15) is 4.79 Å². The molecule has 3 N–H and O–H groups in total. The first-order valence-corrected chi connectivity index (χ1v) is 5.07. The summed E-state index contributed by atoms with van der Waals surface area (Å²) in [5.74, 6) is -0.267. The SMILES string of the molecule is CC(CC(N)=O)NCCc1cnn(C)c1. The maximum Gasteiger partial charge on any atom is 0.218 e. The van der Waals surface area contributed by atoms with Crippen LogP contribution < -0.4 is 11.1 Å². The van der Waals surface area contributed by atoms with E-state index in [2.05, 4.69) is 10.4 Å². The van der Waals surface area contributed by atoms with Gasteiger partial charge in [0.2, 0.25) is 5.91 Å². The Hall–Kier alpha value is -1.36. The molecular weight excluding hydrogens is 192 g/mol. The minimum Gasteiger partial charge on any atom is -0.370 e. The number of aromatic nitrogens is 2. The smallest absolute Gasteiger partial charge is 0.218 e. The molecule has 1 aromatic rings. The molecule has 0 saturated carbocycles. The molecule has 5 nitrogen and oxygen atoms in total. The fourth-order valence-electron chi connectivity index (χ4n) is 1.44. The van der Waals surface area contributed by atoms with E-state index < -0.39 is 0 Å². The standard InChI is InChI=1S/C10H18N4O/c1-8(5-10(11)15)12-4-3-9-6-13-14(2)7-9/h6-8,12H,3-5H2,1-2H3,(H2,11,15). The summed E-state index contributed by atoms with van der Waals surface area (Å²) in [4.78, 5) is 10.6. The number of nitrogens with zero attached hydrogens (tertiary/aromatic N) is 2. The van der Waals surface area contributed by atoms with Crippen LogP contribution in [0.25, 0.3) is 0 Å². The van der Waals surface area contributed by atoms with Crippen molar-refractivity contribution in [2.24, 2.45) is 12.8 Å². The Morgan fingerprint density at radius 1 is 1.73 bits per heavy atom. The van der Waals surface area contributed by atoms with Crippen molar-refractivity contribution in [3.05, 3.63) is 18.0 Å². The average molecular weight is 210 g/mol. The van der Waals surface area contributed by atoms with Gasteiger partial charge in [0.05, 0.1) is 6.20 Å². The molecule has 0 radical (unpaired) electrons. The normalized spacial score (nSPS) is 12.7. The second-order valence-electron chi connectivity index (χ2n) is 3.80. The van der Waals surface area contributed by atoms with Gasteiger partial charge in [0, 0.05) is 25.7 Å². The molecular formula is C10H18N4O. The second-order valence-corrected chi connectivity index (χ2v) is 3.80. The van der Waals surface area contributed by atoms with Crippen LogP contribution in [-0.4, -0.2) is 28.3 Å². The Labute approximate surface area is 89.6 Å². The molecule has 1 aromatic heterocycles. The monoisotopic (exact) mass is 210 g/mol. The van der Waals surface area contributed by atoms with Gasteiger partial charge in [0.1, 0.15) is 0 Å². The third kappa shape index (κ3) is 4.60. The first-order valence-electron chi connectivity index (χ1n) is 5.07. The van der Waals surface area contributed by atoms with Gasteiger partial charge >= 0.3 is 0 Å². The quantitative estimate of drug-likeness (QED) is 0.684. The van der Waals surface area contributed by atoms with Crippen LogP contribution in [-0.2, 0) is 18.3 Å². The number of nitrogens with two attached hydrogens (primary N) is 1. The summed E-state index contributed by atoms with van der Waals surface area (Å²) in [7, 11) is 1.90. The summed E-state index contributed by atoms with van der Waals surface area (Å²) >= 11 is 0. The predicted octanol–water partition coefficient (Wildman–Crippen LogP) is -0.184. The van der Waals surface area contributed by atoms with Crippen LogP contribution in [0.3, 0.4) is 0 Å². The number of amides is 1. The molecule has 0 spiro atoms. The number of hydrogen-bond donors (Lipinski definition) is 2. The van der Waals surface area contributed by atoms with Crippen LogP contribution in [0.1, 0.15) is 18.9 Å². The average Bonchev–Trinajstić information content (AvgIpc) is 2.50. The topological polar surface area (TPSA) is 72.9 Å². The lowest BCUT2D eigenvalue weighted by Crippen LogP contribution is -2.32. The van der Waals surface area contributed by atoms with Crippen molar-refractivity contribution < 1.29 is 4.79 Å². The van der Waals surface area contributed by atoms with E-state index in [1.165, 1.54) is 5.56 Å². The fraction of sp³-hybridized carbons (Fsp3) is 0.600. The van der Waals surface area contributed by atoms with Crippen LogP contribution in [0.2, 0.25) is 0 Å². The molecule has 0 saturated heterocycles. The third-order valence-electron chi connectivity index (χ3n) is 2.17. The van der Waals surface area contributed by atoms with Gasteiger partial charge in [-0.1, -0.05) is 0 Å². The van der Waals surface area contributed by atoms with Gasteiger partial charge in [-0.3, -0.25) is 9.48 Å². The maximum atomic E-state index is 10.6. The first-order chi connectivity index (χ1) is 7.08. The summed E-state index contributed by atoms with van der Waals surface area (Å²) in [6.07, 6.45) is 5.13. The summed E-state index contributed by atoms with van der Waals surface area (Å²) in [6, 6.07) is 0.138. The van der Waals surface area contributed by atoms with Gasteiger partial charge in [-0.2, -0.15) is 5.10 Å². The van der Waals surface area contributed by atoms with Gasteiger partial charge in [0.15, 0.2) is 0 Å². The fourth-order valence-corrected chi connectivity index (χ4v) is 1.44. The summed E-state index contributed by atoms with van der Waals surface area (Å²) in [5, 5.41) is 7.31. The number of carbonyl (C=O) groups excluding carboxylic acids is 1. The zero-order valence-corrected chi connectivity index (χ0v) is 9.23. The van der Waals surface area contributed by atoms with Crippen molar-refractivity contribution in [1.82, 2.24) is 15.1 Å². The Kier molecular flexibility index (Phi) is 4.30. The van der Waals surface area contributed by atoms with Crippen molar-refractivity contribution >= 4 is 5.91 Å². The largest absolute Gasteiger partial charge is 0.370 e. The molecule has 1 unspecified atom stereocenters. The number of aryl methyl sites for hydroxylation is 1. The Bertz CT molecular complexity index is 321. The predicted molar refractivity (Wildman–Crippen MR) is 58.2 cm³/mol.